The Labute approximate surface area is 158 Å². The van der Waals surface area contributed by atoms with Crippen molar-refractivity contribution in [2.24, 2.45) is 0 Å². The van der Waals surface area contributed by atoms with Gasteiger partial charge in [-0.1, -0.05) is 6.07 Å². The first-order valence-corrected chi connectivity index (χ1v) is 10.2. The quantitative estimate of drug-likeness (QED) is 0.816. The molecule has 3 aliphatic heterocycles. The van der Waals surface area contributed by atoms with Crippen molar-refractivity contribution in [1.82, 2.24) is 4.90 Å². The van der Waals surface area contributed by atoms with Crippen molar-refractivity contribution in [1.29, 1.82) is 0 Å². The summed E-state index contributed by atoms with van der Waals surface area (Å²) in [5.74, 6) is 0.555. The van der Waals surface area contributed by atoms with Crippen LogP contribution in [0.1, 0.15) is 43.2 Å². The highest BCUT2D eigenvalue weighted by Gasteiger charge is 2.73. The van der Waals surface area contributed by atoms with Gasteiger partial charge in [-0.25, -0.2) is 0 Å². The van der Waals surface area contributed by atoms with Crippen LogP contribution in [0.3, 0.4) is 0 Å². The average molecular weight is 371 g/mol. The molecule has 0 radical (unpaired) electrons. The zero-order chi connectivity index (χ0) is 18.4. The smallest absolute Gasteiger partial charge is 0.174 e. The van der Waals surface area contributed by atoms with Crippen LogP contribution in [0.5, 0.6) is 11.5 Å². The average Bonchev–Trinajstić information content (AvgIpc) is 3.27. The number of carbonyl (C=O) groups excluding carboxylic acids is 1. The maximum absolute atomic E-state index is 12.8. The first-order valence-electron chi connectivity index (χ1n) is 10.2. The lowest BCUT2D eigenvalue weighted by molar-refractivity contribution is -0.191. The molecule has 1 aromatic carbocycles. The molecule has 3 heterocycles. The van der Waals surface area contributed by atoms with Crippen molar-refractivity contribution in [2.45, 2.75) is 67.8 Å². The van der Waals surface area contributed by atoms with Gasteiger partial charge in [0.05, 0.1) is 17.1 Å². The van der Waals surface area contributed by atoms with Crippen molar-refractivity contribution >= 4 is 5.78 Å². The maximum atomic E-state index is 12.8. The number of aromatic hydroxyl groups is 1. The SMILES string of the molecule is O=C1CCC2(O)C3Cc4ccc(O)c5c4[C@@]2(CCN3CC2CCCO2)[C@H]1O5. The van der Waals surface area contributed by atoms with E-state index in [9.17, 15) is 15.0 Å². The summed E-state index contributed by atoms with van der Waals surface area (Å²) in [6.07, 6.45) is 3.93. The number of Topliss-reactive ketones (excluding diaryl/α,β-unsaturated/α-hetero) is 1. The third kappa shape index (κ3) is 1.84. The molecule has 6 nitrogen and oxygen atoms in total. The normalized spacial score (nSPS) is 42.1. The topological polar surface area (TPSA) is 79.2 Å². The molecule has 0 amide bonds. The zero-order valence-corrected chi connectivity index (χ0v) is 15.3. The summed E-state index contributed by atoms with van der Waals surface area (Å²) >= 11 is 0. The predicted molar refractivity (Wildman–Crippen MR) is 96.0 cm³/mol. The number of hydrogen-bond acceptors (Lipinski definition) is 6. The number of phenolic OH excluding ortho intramolecular Hbond substituents is 1. The fourth-order valence-electron chi connectivity index (χ4n) is 6.68. The summed E-state index contributed by atoms with van der Waals surface area (Å²) in [7, 11) is 0. The zero-order valence-electron chi connectivity index (χ0n) is 15.3. The van der Waals surface area contributed by atoms with E-state index in [2.05, 4.69) is 4.90 Å². The number of rotatable bonds is 2. The molecule has 27 heavy (non-hydrogen) atoms. The van der Waals surface area contributed by atoms with Gasteiger partial charge in [0.2, 0.25) is 0 Å². The van der Waals surface area contributed by atoms with Crippen LogP contribution in [0, 0.1) is 0 Å². The molecule has 2 aliphatic carbocycles. The lowest BCUT2D eigenvalue weighted by Gasteiger charge is -2.62. The first kappa shape index (κ1) is 16.3. The molecular formula is C21H25NO5. The second-order valence-corrected chi connectivity index (χ2v) is 8.91. The first-order chi connectivity index (χ1) is 13.0. The minimum atomic E-state index is -1.01. The van der Waals surface area contributed by atoms with Crippen LogP contribution < -0.4 is 4.74 Å². The summed E-state index contributed by atoms with van der Waals surface area (Å²) in [6, 6.07) is 3.57. The summed E-state index contributed by atoms with van der Waals surface area (Å²) in [5, 5.41) is 22.4. The molecule has 0 aromatic heterocycles. The van der Waals surface area contributed by atoms with Gasteiger partial charge in [-0.2, -0.15) is 0 Å². The number of aliphatic hydroxyl groups is 1. The molecule has 5 atom stereocenters. The van der Waals surface area contributed by atoms with Gasteiger partial charge in [0.25, 0.3) is 0 Å². The third-order valence-electron chi connectivity index (χ3n) is 7.83. The van der Waals surface area contributed by atoms with E-state index in [4.69, 9.17) is 9.47 Å². The molecular weight excluding hydrogens is 346 g/mol. The number of ketones is 1. The minimum Gasteiger partial charge on any atom is -0.504 e. The number of phenols is 1. The van der Waals surface area contributed by atoms with Crippen LogP contribution in [-0.4, -0.2) is 64.4 Å². The Hall–Kier alpha value is -1.63. The molecule has 3 unspecified atom stereocenters. The molecule has 2 bridgehead atoms. The number of hydrogen-bond donors (Lipinski definition) is 2. The van der Waals surface area contributed by atoms with E-state index < -0.39 is 17.1 Å². The number of benzene rings is 1. The fraction of sp³-hybridized carbons (Fsp3) is 0.667. The van der Waals surface area contributed by atoms with Crippen molar-refractivity contribution < 1.29 is 24.5 Å². The Morgan fingerprint density at radius 1 is 1.30 bits per heavy atom. The highest BCUT2D eigenvalue weighted by Crippen LogP contribution is 2.64. The minimum absolute atomic E-state index is 0.0438. The van der Waals surface area contributed by atoms with Crippen LogP contribution in [-0.2, 0) is 21.4 Å². The van der Waals surface area contributed by atoms with E-state index in [1.54, 1.807) is 6.07 Å². The fourth-order valence-corrected chi connectivity index (χ4v) is 6.68. The van der Waals surface area contributed by atoms with Crippen LogP contribution in [0.25, 0.3) is 0 Å². The van der Waals surface area contributed by atoms with E-state index in [1.165, 1.54) is 0 Å². The van der Waals surface area contributed by atoms with Crippen LogP contribution in [0.4, 0.5) is 0 Å². The van der Waals surface area contributed by atoms with Gasteiger partial charge in [-0.15, -0.1) is 0 Å². The number of likely N-dealkylation sites (tertiary alicyclic amines) is 1. The van der Waals surface area contributed by atoms with Crippen molar-refractivity contribution in [2.75, 3.05) is 19.7 Å². The van der Waals surface area contributed by atoms with Crippen molar-refractivity contribution in [3.8, 4) is 11.5 Å². The second kappa shape index (κ2) is 5.25. The molecule has 6 heteroatoms. The Morgan fingerprint density at radius 3 is 3.00 bits per heavy atom. The summed E-state index contributed by atoms with van der Waals surface area (Å²) in [5.41, 5.74) is 0.277. The molecule has 5 aliphatic rings. The molecule has 144 valence electrons. The Balaban J connectivity index is 1.50. The molecule has 3 fully saturated rings. The summed E-state index contributed by atoms with van der Waals surface area (Å²) < 4.78 is 11.9. The van der Waals surface area contributed by atoms with Crippen molar-refractivity contribution in [3.63, 3.8) is 0 Å². The molecule has 2 saturated heterocycles. The van der Waals surface area contributed by atoms with E-state index in [0.29, 0.717) is 25.0 Å². The van der Waals surface area contributed by atoms with Crippen LogP contribution >= 0.6 is 0 Å². The second-order valence-electron chi connectivity index (χ2n) is 8.91. The largest absolute Gasteiger partial charge is 0.504 e. The van der Waals surface area contributed by atoms with Gasteiger partial charge in [0.1, 0.15) is 0 Å². The standard InChI is InChI=1S/C21H25NO5/c23-14-4-3-12-10-16-21(25)6-5-15(24)19-20(21,17(12)18(14)27-19)7-8-22(16)11-13-2-1-9-26-13/h3-4,13,16,19,23,25H,1-2,5-11H2/t13?,16?,19-,20-,21?/m0/s1. The number of ether oxygens (including phenoxy) is 2. The number of carbonyl (C=O) groups is 1. The van der Waals surface area contributed by atoms with E-state index in [1.807, 2.05) is 6.07 Å². The number of piperidine rings is 1. The lowest BCUT2D eigenvalue weighted by atomic mass is 9.49. The van der Waals surface area contributed by atoms with E-state index in [0.717, 1.165) is 50.1 Å². The summed E-state index contributed by atoms with van der Waals surface area (Å²) in [4.78, 5) is 15.2. The molecule has 1 saturated carbocycles. The van der Waals surface area contributed by atoms with Gasteiger partial charge in [0.15, 0.2) is 23.4 Å². The molecule has 2 N–H and O–H groups in total. The van der Waals surface area contributed by atoms with Gasteiger partial charge in [-0.05, 0) is 50.3 Å². The highest BCUT2D eigenvalue weighted by molar-refractivity contribution is 5.90. The van der Waals surface area contributed by atoms with Gasteiger partial charge < -0.3 is 19.7 Å². The molecule has 6 rings (SSSR count). The van der Waals surface area contributed by atoms with Crippen LogP contribution in [0.15, 0.2) is 12.1 Å². The Morgan fingerprint density at radius 2 is 2.19 bits per heavy atom. The third-order valence-corrected chi connectivity index (χ3v) is 7.83. The highest BCUT2D eigenvalue weighted by atomic mass is 16.5. The van der Waals surface area contributed by atoms with Gasteiger partial charge in [-0.3, -0.25) is 9.69 Å². The van der Waals surface area contributed by atoms with E-state index >= 15 is 0 Å². The predicted octanol–water partition coefficient (Wildman–Crippen LogP) is 1.29. The molecule has 1 aromatic rings. The monoisotopic (exact) mass is 371 g/mol. The summed E-state index contributed by atoms with van der Waals surface area (Å²) in [6.45, 7) is 2.48. The van der Waals surface area contributed by atoms with Gasteiger partial charge in [0, 0.05) is 31.2 Å². The Kier molecular flexibility index (Phi) is 3.17. The van der Waals surface area contributed by atoms with E-state index in [-0.39, 0.29) is 23.7 Å². The maximum Gasteiger partial charge on any atom is 0.174 e. The molecule has 1 spiro atoms. The number of nitrogens with zero attached hydrogens (tertiary/aromatic N) is 1. The Bertz CT molecular complexity index is 834. The van der Waals surface area contributed by atoms with Gasteiger partial charge >= 0.3 is 0 Å². The van der Waals surface area contributed by atoms with Crippen LogP contribution in [0.2, 0.25) is 0 Å². The lowest BCUT2D eigenvalue weighted by Crippen LogP contribution is -2.76. The van der Waals surface area contributed by atoms with Crippen molar-refractivity contribution in [3.05, 3.63) is 23.3 Å².